The molecule has 0 bridgehead atoms. The molecule has 1 aromatic rings. The highest BCUT2D eigenvalue weighted by Crippen LogP contribution is 2.19. The number of hydrogen-bond acceptors (Lipinski definition) is 4. The topological polar surface area (TPSA) is 92.7 Å². The Kier molecular flexibility index (Phi) is 5.04. The molecule has 106 valence electrons. The quantitative estimate of drug-likeness (QED) is 0.814. The summed E-state index contributed by atoms with van der Waals surface area (Å²) in [6, 6.07) is 3.76. The van der Waals surface area contributed by atoms with Crippen molar-refractivity contribution in [3.63, 3.8) is 0 Å². The number of benzene rings is 1. The molecule has 6 nitrogen and oxygen atoms in total. The fourth-order valence-electron chi connectivity index (χ4n) is 1.75. The van der Waals surface area contributed by atoms with Crippen LogP contribution >= 0.6 is 0 Å². The highest BCUT2D eigenvalue weighted by Gasteiger charge is 2.22. The van der Waals surface area contributed by atoms with Crippen molar-refractivity contribution in [3.8, 4) is 0 Å². The Hall–Kier alpha value is -1.44. The van der Waals surface area contributed by atoms with Gasteiger partial charge in [-0.2, -0.15) is 0 Å². The number of rotatable bonds is 6. The minimum atomic E-state index is -3.76. The van der Waals surface area contributed by atoms with E-state index in [1.54, 1.807) is 6.92 Å². The van der Waals surface area contributed by atoms with E-state index < -0.39 is 22.0 Å². The van der Waals surface area contributed by atoms with Crippen LogP contribution in [0.4, 0.5) is 0 Å². The van der Waals surface area contributed by atoms with Crippen molar-refractivity contribution in [3.05, 3.63) is 29.3 Å². The van der Waals surface area contributed by atoms with E-state index in [9.17, 15) is 13.2 Å². The SMILES string of the molecule is COCC(C)NS(=O)(=O)c1cccc(C(=O)O)c1C. The van der Waals surface area contributed by atoms with Crippen molar-refractivity contribution < 1.29 is 23.1 Å². The molecule has 1 rings (SSSR count). The van der Waals surface area contributed by atoms with Crippen LogP contribution in [-0.4, -0.2) is 39.3 Å². The molecule has 7 heteroatoms. The van der Waals surface area contributed by atoms with Gasteiger partial charge in [0.2, 0.25) is 10.0 Å². The highest BCUT2D eigenvalue weighted by atomic mass is 32.2. The van der Waals surface area contributed by atoms with Crippen LogP contribution in [0.2, 0.25) is 0 Å². The van der Waals surface area contributed by atoms with Gasteiger partial charge in [0.1, 0.15) is 0 Å². The summed E-state index contributed by atoms with van der Waals surface area (Å²) in [7, 11) is -2.29. The van der Waals surface area contributed by atoms with Gasteiger partial charge < -0.3 is 9.84 Å². The number of aromatic carboxylic acids is 1. The van der Waals surface area contributed by atoms with E-state index in [2.05, 4.69) is 4.72 Å². The third-order valence-electron chi connectivity index (χ3n) is 2.58. The zero-order valence-corrected chi connectivity index (χ0v) is 11.8. The first-order valence-corrected chi connectivity index (χ1v) is 7.12. The number of hydrogen-bond donors (Lipinski definition) is 2. The third kappa shape index (κ3) is 3.76. The van der Waals surface area contributed by atoms with Crippen LogP contribution in [0.25, 0.3) is 0 Å². The molecule has 0 amide bonds. The maximum absolute atomic E-state index is 12.2. The van der Waals surface area contributed by atoms with Gasteiger partial charge in [-0.05, 0) is 31.5 Å². The maximum atomic E-state index is 12.2. The predicted molar refractivity (Wildman–Crippen MR) is 69.8 cm³/mol. The average Bonchev–Trinajstić information content (AvgIpc) is 2.27. The molecule has 0 spiro atoms. The molecule has 0 saturated carbocycles. The predicted octanol–water partition coefficient (Wildman–Crippen LogP) is 1.01. The van der Waals surface area contributed by atoms with Crippen LogP contribution < -0.4 is 4.72 Å². The molecule has 1 atom stereocenters. The molecule has 0 radical (unpaired) electrons. The van der Waals surface area contributed by atoms with Crippen LogP contribution in [0.3, 0.4) is 0 Å². The minimum Gasteiger partial charge on any atom is -0.478 e. The molecule has 0 fully saturated rings. The van der Waals surface area contributed by atoms with Crippen molar-refractivity contribution in [1.82, 2.24) is 4.72 Å². The summed E-state index contributed by atoms with van der Waals surface area (Å²) in [4.78, 5) is 11.0. The lowest BCUT2D eigenvalue weighted by Crippen LogP contribution is -2.36. The number of nitrogens with one attached hydrogen (secondary N) is 1. The Labute approximate surface area is 112 Å². The molecule has 1 unspecified atom stereocenters. The van der Waals surface area contributed by atoms with Crippen LogP contribution in [0.5, 0.6) is 0 Å². The summed E-state index contributed by atoms with van der Waals surface area (Å²) < 4.78 is 31.6. The Morgan fingerprint density at radius 1 is 1.47 bits per heavy atom. The van der Waals surface area contributed by atoms with E-state index >= 15 is 0 Å². The molecule has 0 heterocycles. The first-order chi connectivity index (χ1) is 8.79. The number of carboxylic acids is 1. The van der Waals surface area contributed by atoms with Crippen LogP contribution in [0.1, 0.15) is 22.8 Å². The van der Waals surface area contributed by atoms with Crippen LogP contribution in [-0.2, 0) is 14.8 Å². The Bertz CT molecular complexity index is 567. The van der Waals surface area contributed by atoms with Gasteiger partial charge in [-0.15, -0.1) is 0 Å². The van der Waals surface area contributed by atoms with Crippen LogP contribution in [0, 0.1) is 6.92 Å². The van der Waals surface area contributed by atoms with E-state index in [4.69, 9.17) is 9.84 Å². The largest absolute Gasteiger partial charge is 0.478 e. The van der Waals surface area contributed by atoms with E-state index in [0.29, 0.717) is 0 Å². The molecule has 0 aliphatic carbocycles. The number of ether oxygens (including phenoxy) is 1. The fraction of sp³-hybridized carbons (Fsp3) is 0.417. The molecule has 0 aliphatic heterocycles. The summed E-state index contributed by atoms with van der Waals surface area (Å²) in [5, 5.41) is 8.99. The van der Waals surface area contributed by atoms with Crippen molar-refractivity contribution in [1.29, 1.82) is 0 Å². The second-order valence-corrected chi connectivity index (χ2v) is 5.89. The lowest BCUT2D eigenvalue weighted by molar-refractivity contribution is 0.0696. The second kappa shape index (κ2) is 6.14. The zero-order valence-electron chi connectivity index (χ0n) is 11.0. The van der Waals surface area contributed by atoms with E-state index in [1.165, 1.54) is 32.2 Å². The first-order valence-electron chi connectivity index (χ1n) is 5.63. The van der Waals surface area contributed by atoms with Crippen molar-refractivity contribution in [2.45, 2.75) is 24.8 Å². The number of carboxylic acid groups (broad SMARTS) is 1. The third-order valence-corrected chi connectivity index (χ3v) is 4.31. The van der Waals surface area contributed by atoms with Gasteiger partial charge in [0.25, 0.3) is 0 Å². The van der Waals surface area contributed by atoms with Gasteiger partial charge in [-0.25, -0.2) is 17.9 Å². The minimum absolute atomic E-state index is 0.0257. The molecule has 19 heavy (non-hydrogen) atoms. The van der Waals surface area contributed by atoms with Gasteiger partial charge in [0.15, 0.2) is 0 Å². The summed E-state index contributed by atoms with van der Waals surface area (Å²) in [5.41, 5.74) is 0.189. The average molecular weight is 287 g/mol. The zero-order chi connectivity index (χ0) is 14.6. The molecular formula is C12H17NO5S. The monoisotopic (exact) mass is 287 g/mol. The van der Waals surface area contributed by atoms with Crippen molar-refractivity contribution >= 4 is 16.0 Å². The summed E-state index contributed by atoms with van der Waals surface area (Å²) >= 11 is 0. The van der Waals surface area contributed by atoms with Gasteiger partial charge in [-0.3, -0.25) is 0 Å². The summed E-state index contributed by atoms with van der Waals surface area (Å²) in [6.07, 6.45) is 0. The number of methoxy groups -OCH3 is 1. The van der Waals surface area contributed by atoms with Gasteiger partial charge in [-0.1, -0.05) is 6.07 Å². The fourth-order valence-corrected chi connectivity index (χ4v) is 3.25. The van der Waals surface area contributed by atoms with E-state index in [1.807, 2.05) is 0 Å². The van der Waals surface area contributed by atoms with E-state index in [0.717, 1.165) is 0 Å². The molecule has 0 saturated heterocycles. The Morgan fingerprint density at radius 3 is 2.63 bits per heavy atom. The first kappa shape index (κ1) is 15.6. The smallest absolute Gasteiger partial charge is 0.335 e. The number of sulfonamides is 1. The Morgan fingerprint density at radius 2 is 2.11 bits per heavy atom. The van der Waals surface area contributed by atoms with Crippen molar-refractivity contribution in [2.75, 3.05) is 13.7 Å². The van der Waals surface area contributed by atoms with Crippen molar-refractivity contribution in [2.24, 2.45) is 0 Å². The number of carbonyl (C=O) groups is 1. The summed E-state index contributed by atoms with van der Waals surface area (Å²) in [6.45, 7) is 3.37. The highest BCUT2D eigenvalue weighted by molar-refractivity contribution is 7.89. The Balaban J connectivity index is 3.15. The normalized spacial score (nSPS) is 13.2. The maximum Gasteiger partial charge on any atom is 0.335 e. The second-order valence-electron chi connectivity index (χ2n) is 4.21. The van der Waals surface area contributed by atoms with Gasteiger partial charge in [0.05, 0.1) is 17.1 Å². The molecule has 0 aromatic heterocycles. The molecule has 1 aromatic carbocycles. The molecule has 0 aliphatic rings. The van der Waals surface area contributed by atoms with Gasteiger partial charge in [0, 0.05) is 13.2 Å². The lowest BCUT2D eigenvalue weighted by Gasteiger charge is -2.15. The molecular weight excluding hydrogens is 270 g/mol. The standard InChI is InChI=1S/C12H17NO5S/c1-8(7-18-3)13-19(16,17)11-6-4-5-10(9(11)2)12(14)15/h4-6,8,13H,7H2,1-3H3,(H,14,15). The lowest BCUT2D eigenvalue weighted by atomic mass is 10.1. The molecule has 2 N–H and O–H groups in total. The van der Waals surface area contributed by atoms with E-state index in [-0.39, 0.29) is 22.6 Å². The van der Waals surface area contributed by atoms with Crippen LogP contribution in [0.15, 0.2) is 23.1 Å². The van der Waals surface area contributed by atoms with Gasteiger partial charge >= 0.3 is 5.97 Å². The summed E-state index contributed by atoms with van der Waals surface area (Å²) in [5.74, 6) is -1.15.